The van der Waals surface area contributed by atoms with E-state index < -0.39 is 17.9 Å². The average Bonchev–Trinajstić information content (AvgIpc) is 3.26. The van der Waals surface area contributed by atoms with Gasteiger partial charge in [0.2, 0.25) is 0 Å². The topological polar surface area (TPSA) is 115 Å². The zero-order chi connectivity index (χ0) is 24.7. The first-order valence-corrected chi connectivity index (χ1v) is 10.2. The lowest BCUT2D eigenvalue weighted by Crippen LogP contribution is -2.15. The summed E-state index contributed by atoms with van der Waals surface area (Å²) in [4.78, 5) is 36.4. The largest absolute Gasteiger partial charge is 0.493 e. The Morgan fingerprint density at radius 2 is 1.59 bits per heavy atom. The van der Waals surface area contributed by atoms with Crippen LogP contribution in [0.1, 0.15) is 27.8 Å². The third kappa shape index (κ3) is 5.17. The fourth-order valence-electron chi connectivity index (χ4n) is 3.23. The number of rotatable bonds is 9. The molecule has 1 aromatic heterocycles. The minimum Gasteiger partial charge on any atom is -0.493 e. The van der Waals surface area contributed by atoms with Gasteiger partial charge in [-0.25, -0.2) is 14.3 Å². The van der Waals surface area contributed by atoms with Gasteiger partial charge in [0.15, 0.2) is 17.2 Å². The summed E-state index contributed by atoms with van der Waals surface area (Å²) in [6.45, 7) is 1.51. The number of ether oxygens (including phenoxy) is 5. The molecule has 3 aromatic rings. The van der Waals surface area contributed by atoms with E-state index >= 15 is 0 Å². The quantitative estimate of drug-likeness (QED) is 0.265. The SMILES string of the molecule is COC(=O)c1c(-c2ccc(OCCOC(C)=O)c(OC)c2)nn(-c2ccccc2)c1C(=O)OC. The van der Waals surface area contributed by atoms with Gasteiger partial charge in [-0.1, -0.05) is 18.2 Å². The van der Waals surface area contributed by atoms with Gasteiger partial charge in [0.25, 0.3) is 0 Å². The average molecular weight is 468 g/mol. The number of nitrogens with zero attached hydrogens (tertiary/aromatic N) is 2. The molecule has 0 saturated heterocycles. The molecule has 0 aliphatic heterocycles. The second-order valence-electron chi connectivity index (χ2n) is 6.86. The summed E-state index contributed by atoms with van der Waals surface area (Å²) in [5, 5.41) is 4.55. The van der Waals surface area contributed by atoms with Crippen LogP contribution in [0.15, 0.2) is 48.5 Å². The molecule has 0 radical (unpaired) electrons. The smallest absolute Gasteiger partial charge is 0.357 e. The fraction of sp³-hybridized carbons (Fsp3) is 0.250. The minimum atomic E-state index is -0.752. The predicted octanol–water partition coefficient (Wildman–Crippen LogP) is 3.06. The highest BCUT2D eigenvalue weighted by Crippen LogP contribution is 2.35. The summed E-state index contributed by atoms with van der Waals surface area (Å²) in [5.74, 6) is -1.16. The van der Waals surface area contributed by atoms with Crippen LogP contribution in [0.2, 0.25) is 0 Å². The number of benzene rings is 2. The van der Waals surface area contributed by atoms with Crippen molar-refractivity contribution in [3.8, 4) is 28.4 Å². The second-order valence-corrected chi connectivity index (χ2v) is 6.86. The summed E-state index contributed by atoms with van der Waals surface area (Å²) in [6.07, 6.45) is 0. The maximum absolute atomic E-state index is 12.8. The van der Waals surface area contributed by atoms with Crippen molar-refractivity contribution in [3.05, 3.63) is 59.8 Å². The lowest BCUT2D eigenvalue weighted by Gasteiger charge is -2.12. The van der Waals surface area contributed by atoms with Gasteiger partial charge >= 0.3 is 17.9 Å². The third-order valence-corrected chi connectivity index (χ3v) is 4.74. The summed E-state index contributed by atoms with van der Waals surface area (Å²) < 4.78 is 27.1. The van der Waals surface area contributed by atoms with Crippen molar-refractivity contribution in [3.63, 3.8) is 0 Å². The summed E-state index contributed by atoms with van der Waals surface area (Å²) >= 11 is 0. The fourth-order valence-corrected chi connectivity index (χ4v) is 3.23. The number of hydrogen-bond acceptors (Lipinski definition) is 9. The van der Waals surface area contributed by atoms with Gasteiger partial charge in [0.1, 0.15) is 24.5 Å². The van der Waals surface area contributed by atoms with Crippen molar-refractivity contribution in [2.24, 2.45) is 0 Å². The summed E-state index contributed by atoms with van der Waals surface area (Å²) in [7, 11) is 3.89. The van der Waals surface area contributed by atoms with E-state index in [-0.39, 0.29) is 30.2 Å². The minimum absolute atomic E-state index is 0.0521. The Bertz CT molecular complexity index is 1190. The van der Waals surface area contributed by atoms with Crippen LogP contribution in [0.4, 0.5) is 0 Å². The highest BCUT2D eigenvalue weighted by molar-refractivity contribution is 6.06. The Labute approximate surface area is 195 Å². The van der Waals surface area contributed by atoms with E-state index in [2.05, 4.69) is 5.10 Å². The van der Waals surface area contributed by atoms with Crippen LogP contribution in [0, 0.1) is 0 Å². The predicted molar refractivity (Wildman–Crippen MR) is 120 cm³/mol. The molecular weight excluding hydrogens is 444 g/mol. The molecule has 3 rings (SSSR count). The third-order valence-electron chi connectivity index (χ3n) is 4.74. The molecule has 2 aromatic carbocycles. The maximum Gasteiger partial charge on any atom is 0.357 e. The first-order valence-electron chi connectivity index (χ1n) is 10.2. The normalized spacial score (nSPS) is 10.4. The Balaban J connectivity index is 2.11. The van der Waals surface area contributed by atoms with Crippen LogP contribution in [0.25, 0.3) is 16.9 Å². The highest BCUT2D eigenvalue weighted by atomic mass is 16.6. The van der Waals surface area contributed by atoms with E-state index in [1.165, 1.54) is 32.9 Å². The van der Waals surface area contributed by atoms with Crippen LogP contribution in [-0.2, 0) is 19.0 Å². The standard InChI is InChI=1S/C24H24N2O8/c1-15(27)33-12-13-34-18-11-10-16(14-19(18)30-2)21-20(23(28)31-3)22(24(29)32-4)26(25-21)17-8-6-5-7-9-17/h5-11,14H,12-13H2,1-4H3. The number of esters is 3. The van der Waals surface area contributed by atoms with E-state index in [0.717, 1.165) is 0 Å². The van der Waals surface area contributed by atoms with E-state index in [1.54, 1.807) is 42.5 Å². The van der Waals surface area contributed by atoms with Crippen molar-refractivity contribution < 1.29 is 38.1 Å². The lowest BCUT2D eigenvalue weighted by atomic mass is 10.0. The van der Waals surface area contributed by atoms with E-state index in [0.29, 0.717) is 22.7 Å². The second kappa shape index (κ2) is 11.0. The Morgan fingerprint density at radius 3 is 2.21 bits per heavy atom. The molecule has 0 unspecified atom stereocenters. The van der Waals surface area contributed by atoms with Crippen LogP contribution < -0.4 is 9.47 Å². The molecule has 10 heteroatoms. The van der Waals surface area contributed by atoms with Crippen molar-refractivity contribution >= 4 is 17.9 Å². The maximum atomic E-state index is 12.8. The Kier molecular flexibility index (Phi) is 7.86. The number of hydrogen-bond donors (Lipinski definition) is 0. The Morgan fingerprint density at radius 1 is 0.882 bits per heavy atom. The van der Waals surface area contributed by atoms with Gasteiger partial charge in [-0.3, -0.25) is 4.79 Å². The molecule has 1 heterocycles. The molecule has 0 saturated carbocycles. The van der Waals surface area contributed by atoms with E-state index in [1.807, 2.05) is 6.07 Å². The van der Waals surface area contributed by atoms with Gasteiger partial charge in [-0.05, 0) is 30.3 Å². The molecule has 0 fully saturated rings. The van der Waals surface area contributed by atoms with Crippen molar-refractivity contribution in [1.82, 2.24) is 9.78 Å². The first kappa shape index (κ1) is 24.3. The van der Waals surface area contributed by atoms with Crippen LogP contribution in [-0.4, -0.2) is 62.2 Å². The summed E-state index contributed by atoms with van der Waals surface area (Å²) in [5.41, 5.74) is 1.10. The highest BCUT2D eigenvalue weighted by Gasteiger charge is 2.31. The van der Waals surface area contributed by atoms with Crippen molar-refractivity contribution in [2.75, 3.05) is 34.5 Å². The van der Waals surface area contributed by atoms with Crippen LogP contribution in [0.5, 0.6) is 11.5 Å². The lowest BCUT2D eigenvalue weighted by molar-refractivity contribution is -0.141. The molecule has 0 aliphatic carbocycles. The Hall–Kier alpha value is -4.34. The zero-order valence-electron chi connectivity index (χ0n) is 19.2. The molecule has 34 heavy (non-hydrogen) atoms. The van der Waals surface area contributed by atoms with Gasteiger partial charge in [0.05, 0.1) is 27.0 Å². The monoisotopic (exact) mass is 468 g/mol. The number of methoxy groups -OCH3 is 3. The number of carbonyl (C=O) groups excluding carboxylic acids is 3. The molecule has 0 spiro atoms. The van der Waals surface area contributed by atoms with Gasteiger partial charge in [-0.15, -0.1) is 0 Å². The van der Waals surface area contributed by atoms with Crippen LogP contribution in [0.3, 0.4) is 0 Å². The van der Waals surface area contributed by atoms with Gasteiger partial charge < -0.3 is 23.7 Å². The summed E-state index contributed by atoms with van der Waals surface area (Å²) in [6, 6.07) is 13.8. The van der Waals surface area contributed by atoms with Gasteiger partial charge in [-0.2, -0.15) is 5.10 Å². The number of aromatic nitrogens is 2. The van der Waals surface area contributed by atoms with Crippen molar-refractivity contribution in [1.29, 1.82) is 0 Å². The van der Waals surface area contributed by atoms with E-state index in [4.69, 9.17) is 23.7 Å². The molecular formula is C24H24N2O8. The molecule has 10 nitrogen and oxygen atoms in total. The molecule has 0 N–H and O–H groups in total. The number of para-hydroxylation sites is 1. The molecule has 0 aliphatic rings. The first-order chi connectivity index (χ1) is 16.4. The van der Waals surface area contributed by atoms with Crippen LogP contribution >= 0.6 is 0 Å². The van der Waals surface area contributed by atoms with Gasteiger partial charge in [0, 0.05) is 12.5 Å². The van der Waals surface area contributed by atoms with E-state index in [9.17, 15) is 14.4 Å². The number of carbonyl (C=O) groups is 3. The molecule has 0 bridgehead atoms. The zero-order valence-corrected chi connectivity index (χ0v) is 19.2. The molecule has 178 valence electrons. The molecule has 0 atom stereocenters. The van der Waals surface area contributed by atoms with Crippen molar-refractivity contribution in [2.45, 2.75) is 6.92 Å². The molecule has 0 amide bonds.